The van der Waals surface area contributed by atoms with E-state index in [-0.39, 0.29) is 11.8 Å². The molecule has 0 amide bonds. The number of benzene rings is 1. The highest BCUT2D eigenvalue weighted by molar-refractivity contribution is 7.91. The predicted molar refractivity (Wildman–Crippen MR) is 79.5 cm³/mol. The molecule has 1 saturated heterocycles. The second-order valence-electron chi connectivity index (χ2n) is 5.73. The number of fused-ring (bicyclic) bond motifs is 1. The Morgan fingerprint density at radius 2 is 1.90 bits per heavy atom. The topological polar surface area (TPSA) is 49.4 Å². The summed E-state index contributed by atoms with van der Waals surface area (Å²) in [5, 5.41) is 3.42. The van der Waals surface area contributed by atoms with Gasteiger partial charge in [0.1, 0.15) is 0 Å². The third kappa shape index (κ3) is 2.90. The summed E-state index contributed by atoms with van der Waals surface area (Å²) >= 11 is 0. The van der Waals surface area contributed by atoms with E-state index in [0.29, 0.717) is 4.90 Å². The summed E-state index contributed by atoms with van der Waals surface area (Å²) in [7, 11) is -3.09. The summed E-state index contributed by atoms with van der Waals surface area (Å²) in [6.45, 7) is 4.23. The molecule has 1 aromatic carbocycles. The summed E-state index contributed by atoms with van der Waals surface area (Å²) in [5.74, 6) is 0.201. The van der Waals surface area contributed by atoms with Crippen LogP contribution in [0, 0.1) is 0 Å². The van der Waals surface area contributed by atoms with E-state index in [0.717, 1.165) is 18.7 Å². The van der Waals surface area contributed by atoms with Crippen LogP contribution in [0.5, 0.6) is 0 Å². The highest BCUT2D eigenvalue weighted by atomic mass is 32.2. The lowest BCUT2D eigenvalue weighted by Gasteiger charge is -2.27. The van der Waals surface area contributed by atoms with Crippen molar-refractivity contribution in [3.05, 3.63) is 29.8 Å². The molecule has 0 aromatic heterocycles. The van der Waals surface area contributed by atoms with Gasteiger partial charge in [0, 0.05) is 19.1 Å². The minimum absolute atomic E-state index is 0.0407. The van der Waals surface area contributed by atoms with Crippen LogP contribution in [0.3, 0.4) is 0 Å². The molecule has 1 atom stereocenters. The summed E-state index contributed by atoms with van der Waals surface area (Å²) in [6.07, 6.45) is 3.93. The standard InChI is InChI=1S/C15H22N2O2S/c18-20(19)12-14(13-6-2-3-7-15(13)20)16-8-11-17-9-4-1-5-10-17/h2-3,6-7,14,16H,1,4-5,8-12H2. The molecule has 5 heteroatoms. The van der Waals surface area contributed by atoms with Crippen molar-refractivity contribution in [3.8, 4) is 0 Å². The van der Waals surface area contributed by atoms with Gasteiger partial charge in [-0.2, -0.15) is 0 Å². The quantitative estimate of drug-likeness (QED) is 0.916. The fourth-order valence-corrected chi connectivity index (χ4v) is 4.97. The SMILES string of the molecule is O=S1(=O)CC(NCCN2CCCCC2)c2ccccc21. The third-order valence-electron chi connectivity index (χ3n) is 4.28. The van der Waals surface area contributed by atoms with Crippen molar-refractivity contribution in [3.63, 3.8) is 0 Å². The predicted octanol–water partition coefficient (Wildman–Crippen LogP) is 1.59. The molecule has 0 aliphatic carbocycles. The Hall–Kier alpha value is -0.910. The van der Waals surface area contributed by atoms with Crippen molar-refractivity contribution in [2.24, 2.45) is 0 Å². The maximum Gasteiger partial charge on any atom is 0.180 e. The van der Waals surface area contributed by atoms with E-state index in [4.69, 9.17) is 0 Å². The van der Waals surface area contributed by atoms with Crippen LogP contribution in [0.4, 0.5) is 0 Å². The monoisotopic (exact) mass is 294 g/mol. The van der Waals surface area contributed by atoms with Gasteiger partial charge in [-0.15, -0.1) is 0 Å². The molecule has 1 aromatic rings. The Morgan fingerprint density at radius 1 is 1.15 bits per heavy atom. The van der Waals surface area contributed by atoms with Crippen LogP contribution in [0.1, 0.15) is 30.9 Å². The second kappa shape index (κ2) is 5.84. The summed E-state index contributed by atoms with van der Waals surface area (Å²) in [5.41, 5.74) is 0.936. The molecule has 0 spiro atoms. The van der Waals surface area contributed by atoms with Crippen molar-refractivity contribution >= 4 is 9.84 Å². The van der Waals surface area contributed by atoms with E-state index in [9.17, 15) is 8.42 Å². The average molecular weight is 294 g/mol. The number of likely N-dealkylation sites (tertiary alicyclic amines) is 1. The van der Waals surface area contributed by atoms with Gasteiger partial charge < -0.3 is 10.2 Å². The first-order chi connectivity index (χ1) is 9.67. The van der Waals surface area contributed by atoms with Crippen LogP contribution in [0.25, 0.3) is 0 Å². The molecule has 110 valence electrons. The van der Waals surface area contributed by atoms with Gasteiger partial charge in [-0.1, -0.05) is 24.6 Å². The van der Waals surface area contributed by atoms with E-state index < -0.39 is 9.84 Å². The number of hydrogen-bond donors (Lipinski definition) is 1. The maximum absolute atomic E-state index is 12.1. The van der Waals surface area contributed by atoms with E-state index in [1.54, 1.807) is 12.1 Å². The van der Waals surface area contributed by atoms with Crippen LogP contribution < -0.4 is 5.32 Å². The summed E-state index contributed by atoms with van der Waals surface area (Å²) in [4.78, 5) is 2.97. The van der Waals surface area contributed by atoms with Crippen LogP contribution in [-0.4, -0.2) is 45.2 Å². The first-order valence-electron chi connectivity index (χ1n) is 7.44. The average Bonchev–Trinajstić information content (AvgIpc) is 2.72. The molecule has 4 nitrogen and oxygen atoms in total. The van der Waals surface area contributed by atoms with Gasteiger partial charge in [-0.05, 0) is 37.6 Å². The van der Waals surface area contributed by atoms with Crippen molar-refractivity contribution in [1.29, 1.82) is 0 Å². The molecule has 20 heavy (non-hydrogen) atoms. The lowest BCUT2D eigenvalue weighted by atomic mass is 10.1. The van der Waals surface area contributed by atoms with E-state index >= 15 is 0 Å². The fourth-order valence-electron chi connectivity index (χ4n) is 3.20. The van der Waals surface area contributed by atoms with Crippen molar-refractivity contribution < 1.29 is 8.42 Å². The Kier molecular flexibility index (Phi) is 4.10. The molecule has 0 radical (unpaired) electrons. The Balaban J connectivity index is 1.59. The van der Waals surface area contributed by atoms with Gasteiger partial charge in [-0.25, -0.2) is 8.42 Å². The Bertz CT molecular complexity index is 565. The minimum Gasteiger partial charge on any atom is -0.308 e. The largest absolute Gasteiger partial charge is 0.308 e. The fraction of sp³-hybridized carbons (Fsp3) is 0.600. The van der Waals surface area contributed by atoms with E-state index in [2.05, 4.69) is 10.2 Å². The normalized spacial score (nSPS) is 25.5. The zero-order valence-corrected chi connectivity index (χ0v) is 12.5. The highest BCUT2D eigenvalue weighted by Gasteiger charge is 2.33. The van der Waals surface area contributed by atoms with Gasteiger partial charge in [-0.3, -0.25) is 0 Å². The van der Waals surface area contributed by atoms with E-state index in [1.165, 1.54) is 32.4 Å². The van der Waals surface area contributed by atoms with Crippen molar-refractivity contribution in [1.82, 2.24) is 10.2 Å². The van der Waals surface area contributed by atoms with Crippen LogP contribution in [-0.2, 0) is 9.84 Å². The van der Waals surface area contributed by atoms with Crippen LogP contribution in [0.15, 0.2) is 29.2 Å². The maximum atomic E-state index is 12.1. The molecule has 2 aliphatic rings. The third-order valence-corrected chi connectivity index (χ3v) is 6.10. The molecule has 2 heterocycles. The summed E-state index contributed by atoms with van der Waals surface area (Å²) < 4.78 is 24.2. The molecular weight excluding hydrogens is 272 g/mol. The van der Waals surface area contributed by atoms with Crippen LogP contribution >= 0.6 is 0 Å². The first-order valence-corrected chi connectivity index (χ1v) is 9.09. The molecule has 0 saturated carbocycles. The van der Waals surface area contributed by atoms with Gasteiger partial charge in [0.05, 0.1) is 10.6 Å². The first kappa shape index (κ1) is 14.0. The number of nitrogens with one attached hydrogen (secondary N) is 1. The molecular formula is C15H22N2O2S. The zero-order valence-electron chi connectivity index (χ0n) is 11.7. The molecule has 1 fully saturated rings. The highest BCUT2D eigenvalue weighted by Crippen LogP contribution is 2.32. The number of rotatable bonds is 4. The second-order valence-corrected chi connectivity index (χ2v) is 7.73. The Labute approximate surface area is 121 Å². The van der Waals surface area contributed by atoms with Gasteiger partial charge in [0.25, 0.3) is 0 Å². The van der Waals surface area contributed by atoms with Gasteiger partial charge >= 0.3 is 0 Å². The molecule has 1 unspecified atom stereocenters. The minimum atomic E-state index is -3.09. The molecule has 0 bridgehead atoms. The number of hydrogen-bond acceptors (Lipinski definition) is 4. The summed E-state index contributed by atoms with van der Waals surface area (Å²) in [6, 6.07) is 7.32. The Morgan fingerprint density at radius 3 is 2.70 bits per heavy atom. The lowest BCUT2D eigenvalue weighted by Crippen LogP contribution is -2.37. The zero-order chi connectivity index (χ0) is 14.0. The number of sulfone groups is 1. The van der Waals surface area contributed by atoms with Crippen molar-refractivity contribution in [2.75, 3.05) is 31.9 Å². The van der Waals surface area contributed by atoms with Gasteiger partial charge in [0.2, 0.25) is 0 Å². The van der Waals surface area contributed by atoms with E-state index in [1.807, 2.05) is 12.1 Å². The number of piperidine rings is 1. The number of nitrogens with zero attached hydrogens (tertiary/aromatic N) is 1. The van der Waals surface area contributed by atoms with Crippen LogP contribution in [0.2, 0.25) is 0 Å². The molecule has 1 N–H and O–H groups in total. The lowest BCUT2D eigenvalue weighted by molar-refractivity contribution is 0.227. The smallest absolute Gasteiger partial charge is 0.180 e. The van der Waals surface area contributed by atoms with Crippen molar-refractivity contribution in [2.45, 2.75) is 30.2 Å². The molecule has 2 aliphatic heterocycles. The van der Waals surface area contributed by atoms with Gasteiger partial charge in [0.15, 0.2) is 9.84 Å². The molecule has 3 rings (SSSR count).